The van der Waals surface area contributed by atoms with E-state index in [1.165, 1.54) is 11.3 Å². The predicted octanol–water partition coefficient (Wildman–Crippen LogP) is 5.38. The second-order valence-corrected chi connectivity index (χ2v) is 9.10. The highest BCUT2D eigenvalue weighted by atomic mass is 35.5. The van der Waals surface area contributed by atoms with Gasteiger partial charge in [-0.25, -0.2) is 9.78 Å². The topological polar surface area (TPSA) is 68.3 Å². The van der Waals surface area contributed by atoms with Crippen molar-refractivity contribution in [1.29, 1.82) is 0 Å². The third-order valence-corrected chi connectivity index (χ3v) is 6.41. The molecule has 1 aliphatic carbocycles. The Kier molecular flexibility index (Phi) is 5.80. The molecule has 0 fully saturated rings. The Labute approximate surface area is 184 Å². The van der Waals surface area contributed by atoms with Gasteiger partial charge in [-0.05, 0) is 45.7 Å². The summed E-state index contributed by atoms with van der Waals surface area (Å²) in [6.45, 7) is 5.49. The van der Waals surface area contributed by atoms with Gasteiger partial charge >= 0.3 is 5.97 Å². The summed E-state index contributed by atoms with van der Waals surface area (Å²) in [5.74, 6) is -0.860. The van der Waals surface area contributed by atoms with Gasteiger partial charge in [0.1, 0.15) is 5.01 Å². The van der Waals surface area contributed by atoms with Crippen LogP contribution in [0.4, 0.5) is 0 Å². The molecule has 0 radical (unpaired) electrons. The number of nitrogens with one attached hydrogen (secondary N) is 1. The van der Waals surface area contributed by atoms with Crippen molar-refractivity contribution in [3.05, 3.63) is 62.9 Å². The summed E-state index contributed by atoms with van der Waals surface area (Å²) in [4.78, 5) is 30.7. The molecule has 1 atom stereocenters. The third kappa shape index (κ3) is 3.94. The molecule has 2 aromatic rings. The fourth-order valence-corrected chi connectivity index (χ4v) is 4.95. The minimum absolute atomic E-state index is 0.0668. The molecule has 2 aliphatic rings. The number of hydrogen-bond acceptors (Lipinski definition) is 6. The number of dihydropyridines is 1. The van der Waals surface area contributed by atoms with E-state index in [-0.39, 0.29) is 11.9 Å². The van der Waals surface area contributed by atoms with E-state index in [1.54, 1.807) is 0 Å². The highest BCUT2D eigenvalue weighted by Gasteiger charge is 2.40. The van der Waals surface area contributed by atoms with Gasteiger partial charge in [0.2, 0.25) is 0 Å². The lowest BCUT2D eigenvalue weighted by atomic mass is 9.77. The van der Waals surface area contributed by atoms with Crippen molar-refractivity contribution in [2.45, 2.75) is 52.1 Å². The van der Waals surface area contributed by atoms with Crippen molar-refractivity contribution >= 4 is 34.7 Å². The summed E-state index contributed by atoms with van der Waals surface area (Å²) >= 11 is 7.49. The van der Waals surface area contributed by atoms with Gasteiger partial charge in [-0.1, -0.05) is 23.7 Å². The van der Waals surface area contributed by atoms with Gasteiger partial charge in [0, 0.05) is 39.4 Å². The van der Waals surface area contributed by atoms with Crippen molar-refractivity contribution in [2.24, 2.45) is 0 Å². The van der Waals surface area contributed by atoms with E-state index in [1.807, 2.05) is 50.4 Å². The Hall–Kier alpha value is -2.44. The SMILES string of the molecule is CC1=C(C(=O)OC(C)C)C(c2csc(-c3ccc(Cl)cc3)n2)C2=C(CCCC2=O)N1. The molecular formula is C23H23ClN2O3S. The summed E-state index contributed by atoms with van der Waals surface area (Å²) in [7, 11) is 0. The number of aromatic nitrogens is 1. The second-order valence-electron chi connectivity index (χ2n) is 7.80. The van der Waals surface area contributed by atoms with Crippen LogP contribution in [0.15, 0.2) is 52.2 Å². The standard InChI is InChI=1S/C23H23ClN2O3S/c1-12(2)29-23(28)19-13(3)25-16-5-4-6-18(27)20(16)21(19)17-11-30-22(26-17)14-7-9-15(24)10-8-14/h7-12,21,25H,4-6H2,1-3H3. The number of benzene rings is 1. The van der Waals surface area contributed by atoms with Crippen LogP contribution in [0.3, 0.4) is 0 Å². The zero-order chi connectivity index (χ0) is 21.4. The molecule has 30 heavy (non-hydrogen) atoms. The van der Waals surface area contributed by atoms with Gasteiger partial charge in [-0.3, -0.25) is 4.79 Å². The maximum atomic E-state index is 13.0. The van der Waals surface area contributed by atoms with Crippen molar-refractivity contribution < 1.29 is 14.3 Å². The largest absolute Gasteiger partial charge is 0.460 e. The van der Waals surface area contributed by atoms with Gasteiger partial charge < -0.3 is 10.1 Å². The van der Waals surface area contributed by atoms with Crippen LogP contribution in [0.1, 0.15) is 51.6 Å². The molecule has 2 heterocycles. The first-order valence-electron chi connectivity index (χ1n) is 10.0. The molecular weight excluding hydrogens is 420 g/mol. The third-order valence-electron chi connectivity index (χ3n) is 5.25. The van der Waals surface area contributed by atoms with Crippen LogP contribution in [-0.4, -0.2) is 22.8 Å². The fraction of sp³-hybridized carbons (Fsp3) is 0.348. The van der Waals surface area contributed by atoms with Gasteiger partial charge in [-0.15, -0.1) is 11.3 Å². The zero-order valence-corrected chi connectivity index (χ0v) is 18.7. The average Bonchev–Trinajstić information content (AvgIpc) is 3.17. The smallest absolute Gasteiger partial charge is 0.337 e. The first-order valence-corrected chi connectivity index (χ1v) is 11.3. The maximum Gasteiger partial charge on any atom is 0.337 e. The van der Waals surface area contributed by atoms with E-state index >= 15 is 0 Å². The number of halogens is 1. The van der Waals surface area contributed by atoms with Crippen molar-refractivity contribution in [3.63, 3.8) is 0 Å². The number of ether oxygens (including phenoxy) is 1. The zero-order valence-electron chi connectivity index (χ0n) is 17.1. The summed E-state index contributed by atoms with van der Waals surface area (Å²) in [5, 5.41) is 6.71. The molecule has 0 saturated carbocycles. The van der Waals surface area contributed by atoms with Crippen LogP contribution in [-0.2, 0) is 14.3 Å². The molecule has 0 spiro atoms. The predicted molar refractivity (Wildman–Crippen MR) is 118 cm³/mol. The summed E-state index contributed by atoms with van der Waals surface area (Å²) < 4.78 is 5.52. The maximum absolute atomic E-state index is 13.0. The Morgan fingerprint density at radius 2 is 2.00 bits per heavy atom. The van der Waals surface area contributed by atoms with E-state index in [0.29, 0.717) is 28.3 Å². The van der Waals surface area contributed by atoms with Gasteiger partial charge in [0.15, 0.2) is 5.78 Å². The van der Waals surface area contributed by atoms with Gasteiger partial charge in [0.05, 0.1) is 23.3 Å². The highest BCUT2D eigenvalue weighted by Crippen LogP contribution is 2.43. The van der Waals surface area contributed by atoms with E-state index in [9.17, 15) is 9.59 Å². The van der Waals surface area contributed by atoms with E-state index in [2.05, 4.69) is 5.32 Å². The molecule has 1 aromatic heterocycles. The van der Waals surface area contributed by atoms with E-state index in [0.717, 1.165) is 34.8 Å². The van der Waals surface area contributed by atoms with Crippen molar-refractivity contribution in [3.8, 4) is 10.6 Å². The monoisotopic (exact) mass is 442 g/mol. The number of esters is 1. The molecule has 4 rings (SSSR count). The number of carbonyl (C=O) groups excluding carboxylic acids is 2. The molecule has 7 heteroatoms. The Morgan fingerprint density at radius 3 is 2.70 bits per heavy atom. The quantitative estimate of drug-likeness (QED) is 0.643. The Bertz CT molecular complexity index is 1070. The molecule has 0 bridgehead atoms. The number of ketones is 1. The molecule has 0 amide bonds. The fourth-order valence-electron chi connectivity index (χ4n) is 3.97. The van der Waals surface area contributed by atoms with Crippen LogP contribution in [0.2, 0.25) is 5.02 Å². The first kappa shape index (κ1) is 20.8. The van der Waals surface area contributed by atoms with Crippen LogP contribution in [0.5, 0.6) is 0 Å². The van der Waals surface area contributed by atoms with Crippen molar-refractivity contribution in [1.82, 2.24) is 10.3 Å². The van der Waals surface area contributed by atoms with Crippen LogP contribution >= 0.6 is 22.9 Å². The van der Waals surface area contributed by atoms with Crippen molar-refractivity contribution in [2.75, 3.05) is 0 Å². The molecule has 1 unspecified atom stereocenters. The summed E-state index contributed by atoms with van der Waals surface area (Å²) in [5.41, 5.74) is 4.38. The number of thiazole rings is 1. The lowest BCUT2D eigenvalue weighted by Gasteiger charge is -2.33. The minimum Gasteiger partial charge on any atom is -0.460 e. The van der Waals surface area contributed by atoms with E-state index in [4.69, 9.17) is 21.3 Å². The molecule has 1 aromatic carbocycles. The highest BCUT2D eigenvalue weighted by molar-refractivity contribution is 7.13. The molecule has 1 N–H and O–H groups in total. The Balaban J connectivity index is 1.80. The summed E-state index contributed by atoms with van der Waals surface area (Å²) in [6, 6.07) is 7.48. The number of rotatable bonds is 4. The van der Waals surface area contributed by atoms with Crippen LogP contribution in [0.25, 0.3) is 10.6 Å². The van der Waals surface area contributed by atoms with Gasteiger partial charge in [0.25, 0.3) is 0 Å². The lowest BCUT2D eigenvalue weighted by Crippen LogP contribution is -2.35. The number of carbonyl (C=O) groups is 2. The molecule has 5 nitrogen and oxygen atoms in total. The van der Waals surface area contributed by atoms with Crippen LogP contribution < -0.4 is 5.32 Å². The number of hydrogen-bond donors (Lipinski definition) is 1. The number of nitrogens with zero attached hydrogens (tertiary/aromatic N) is 1. The minimum atomic E-state index is -0.516. The van der Waals surface area contributed by atoms with E-state index < -0.39 is 11.9 Å². The Morgan fingerprint density at radius 1 is 1.27 bits per heavy atom. The number of Topliss-reactive ketones (excluding diaryl/α,β-unsaturated/α-hetero) is 1. The lowest BCUT2D eigenvalue weighted by molar-refractivity contribution is -0.143. The van der Waals surface area contributed by atoms with Crippen LogP contribution in [0, 0.1) is 0 Å². The molecule has 156 valence electrons. The normalized spacial score (nSPS) is 19.1. The summed E-state index contributed by atoms with van der Waals surface area (Å²) in [6.07, 6.45) is 1.83. The number of allylic oxidation sites excluding steroid dienone is 3. The molecule has 1 aliphatic heterocycles. The molecule has 0 saturated heterocycles. The average molecular weight is 443 g/mol. The van der Waals surface area contributed by atoms with Gasteiger partial charge in [-0.2, -0.15) is 0 Å². The second kappa shape index (κ2) is 8.36. The first-order chi connectivity index (χ1) is 14.3.